The maximum Gasteiger partial charge on any atom is 0.106 e. The molecule has 0 bridgehead atoms. The highest BCUT2D eigenvalue weighted by Gasteiger charge is 1.94. The highest BCUT2D eigenvalue weighted by Crippen LogP contribution is 2.09. The van der Waals surface area contributed by atoms with Crippen LogP contribution in [0.1, 0.15) is 11.3 Å². The lowest BCUT2D eigenvalue weighted by atomic mass is 10.2. The first-order valence-electron chi connectivity index (χ1n) is 2.84. The van der Waals surface area contributed by atoms with Gasteiger partial charge in [0.1, 0.15) is 4.60 Å². The summed E-state index contributed by atoms with van der Waals surface area (Å²) >= 11 is 3.25. The summed E-state index contributed by atoms with van der Waals surface area (Å²) in [4.78, 5) is 4.12. The zero-order chi connectivity index (χ0) is 7.56. The quantitative estimate of drug-likeness (QED) is 0.457. The van der Waals surface area contributed by atoms with Gasteiger partial charge in [-0.2, -0.15) is 0 Å². The second kappa shape index (κ2) is 2.85. The molecule has 0 aliphatic heterocycles. The van der Waals surface area contributed by atoms with Gasteiger partial charge in [-0.05, 0) is 35.0 Å². The third kappa shape index (κ3) is 1.37. The smallest absolute Gasteiger partial charge is 0.106 e. The van der Waals surface area contributed by atoms with Crippen LogP contribution in [0.3, 0.4) is 0 Å². The van der Waals surface area contributed by atoms with E-state index in [0.717, 1.165) is 15.9 Å². The Morgan fingerprint density at radius 2 is 2.30 bits per heavy atom. The molecule has 50 valence electrons. The molecule has 0 aromatic carbocycles. The predicted octanol–water partition coefficient (Wildman–Crippen LogP) is 2.13. The second-order valence-corrected chi connectivity index (χ2v) is 2.72. The van der Waals surface area contributed by atoms with Gasteiger partial charge in [0.25, 0.3) is 0 Å². The van der Waals surface area contributed by atoms with Crippen molar-refractivity contribution in [1.29, 1.82) is 0 Å². The van der Waals surface area contributed by atoms with Gasteiger partial charge in [-0.15, -0.1) is 6.42 Å². The first kappa shape index (κ1) is 7.30. The SMILES string of the molecule is C#Cc1ccc(Br)nc1C. The molecule has 0 radical (unpaired) electrons. The van der Waals surface area contributed by atoms with Crippen molar-refractivity contribution >= 4 is 15.9 Å². The molecule has 0 amide bonds. The van der Waals surface area contributed by atoms with Crippen molar-refractivity contribution in [3.05, 3.63) is 28.0 Å². The Kier molecular flexibility index (Phi) is 2.08. The average molecular weight is 196 g/mol. The molecule has 0 fully saturated rings. The first-order chi connectivity index (χ1) is 4.74. The Labute approximate surface area is 68.6 Å². The van der Waals surface area contributed by atoms with Gasteiger partial charge in [0.15, 0.2) is 0 Å². The van der Waals surface area contributed by atoms with Crippen molar-refractivity contribution in [3.63, 3.8) is 0 Å². The normalized spacial score (nSPS) is 8.90. The minimum absolute atomic E-state index is 0.823. The van der Waals surface area contributed by atoms with E-state index in [0.29, 0.717) is 0 Å². The Morgan fingerprint density at radius 3 is 2.80 bits per heavy atom. The molecule has 0 N–H and O–H groups in total. The van der Waals surface area contributed by atoms with Gasteiger partial charge in [-0.25, -0.2) is 4.98 Å². The molecule has 1 nitrogen and oxygen atoms in total. The van der Waals surface area contributed by atoms with Crippen molar-refractivity contribution in [3.8, 4) is 12.3 Å². The van der Waals surface area contributed by atoms with Gasteiger partial charge in [-0.3, -0.25) is 0 Å². The lowest BCUT2D eigenvalue weighted by Crippen LogP contribution is -1.86. The van der Waals surface area contributed by atoms with E-state index >= 15 is 0 Å². The third-order valence-corrected chi connectivity index (χ3v) is 1.65. The first-order valence-corrected chi connectivity index (χ1v) is 3.63. The average Bonchev–Trinajstić information content (AvgIpc) is 1.88. The maximum absolute atomic E-state index is 5.20. The number of halogens is 1. The van der Waals surface area contributed by atoms with Crippen molar-refractivity contribution in [1.82, 2.24) is 4.98 Å². The number of aromatic nitrogens is 1. The lowest BCUT2D eigenvalue weighted by molar-refractivity contribution is 1.15. The molecule has 1 rings (SSSR count). The molecule has 0 aliphatic carbocycles. The topological polar surface area (TPSA) is 12.9 Å². The molecule has 1 heterocycles. The molecule has 0 aliphatic rings. The number of hydrogen-bond donors (Lipinski definition) is 0. The van der Waals surface area contributed by atoms with E-state index in [2.05, 4.69) is 26.8 Å². The zero-order valence-corrected chi connectivity index (χ0v) is 7.14. The van der Waals surface area contributed by atoms with Crippen molar-refractivity contribution in [2.45, 2.75) is 6.92 Å². The molecular weight excluding hydrogens is 190 g/mol. The number of terminal acetylenes is 1. The number of pyridine rings is 1. The fourth-order valence-electron chi connectivity index (χ4n) is 0.683. The van der Waals surface area contributed by atoms with Gasteiger partial charge in [0.2, 0.25) is 0 Å². The lowest BCUT2D eigenvalue weighted by Gasteiger charge is -1.95. The van der Waals surface area contributed by atoms with E-state index in [9.17, 15) is 0 Å². The van der Waals surface area contributed by atoms with Gasteiger partial charge in [0.05, 0.1) is 5.69 Å². The third-order valence-electron chi connectivity index (χ3n) is 1.21. The largest absolute Gasteiger partial charge is 0.245 e. The summed E-state index contributed by atoms with van der Waals surface area (Å²) in [5.74, 6) is 2.54. The summed E-state index contributed by atoms with van der Waals surface area (Å²) in [6.07, 6.45) is 5.20. The second-order valence-electron chi connectivity index (χ2n) is 1.91. The van der Waals surface area contributed by atoms with E-state index in [1.807, 2.05) is 19.1 Å². The van der Waals surface area contributed by atoms with Crippen LogP contribution in [-0.4, -0.2) is 4.98 Å². The van der Waals surface area contributed by atoms with Crippen LogP contribution < -0.4 is 0 Å². The molecule has 2 heteroatoms. The van der Waals surface area contributed by atoms with Gasteiger partial charge >= 0.3 is 0 Å². The van der Waals surface area contributed by atoms with Crippen LogP contribution in [-0.2, 0) is 0 Å². The monoisotopic (exact) mass is 195 g/mol. The molecule has 1 aromatic heterocycles. The number of rotatable bonds is 0. The molecule has 10 heavy (non-hydrogen) atoms. The molecular formula is C8H6BrN. The van der Waals surface area contributed by atoms with Crippen LogP contribution in [0.2, 0.25) is 0 Å². The summed E-state index contributed by atoms with van der Waals surface area (Å²) in [5.41, 5.74) is 1.74. The Balaban J connectivity index is 3.23. The van der Waals surface area contributed by atoms with E-state index in [-0.39, 0.29) is 0 Å². The molecule has 1 aromatic rings. The highest BCUT2D eigenvalue weighted by molar-refractivity contribution is 9.10. The van der Waals surface area contributed by atoms with E-state index < -0.39 is 0 Å². The Morgan fingerprint density at radius 1 is 1.60 bits per heavy atom. The molecule has 0 atom stereocenters. The summed E-state index contributed by atoms with van der Waals surface area (Å²) in [7, 11) is 0. The van der Waals surface area contributed by atoms with Crippen molar-refractivity contribution in [2.24, 2.45) is 0 Å². The maximum atomic E-state index is 5.20. The Bertz CT molecular complexity index is 286. The molecule has 0 saturated heterocycles. The minimum Gasteiger partial charge on any atom is -0.245 e. The minimum atomic E-state index is 0.823. The van der Waals surface area contributed by atoms with Crippen LogP contribution in [0.4, 0.5) is 0 Å². The van der Waals surface area contributed by atoms with Crippen LogP contribution in [0, 0.1) is 19.3 Å². The van der Waals surface area contributed by atoms with E-state index in [4.69, 9.17) is 6.42 Å². The van der Waals surface area contributed by atoms with Gasteiger partial charge in [-0.1, -0.05) is 5.92 Å². The summed E-state index contributed by atoms with van der Waals surface area (Å²) < 4.78 is 0.823. The van der Waals surface area contributed by atoms with Gasteiger partial charge < -0.3 is 0 Å². The molecule has 0 unspecified atom stereocenters. The predicted molar refractivity (Wildman–Crippen MR) is 44.6 cm³/mol. The highest BCUT2D eigenvalue weighted by atomic mass is 79.9. The van der Waals surface area contributed by atoms with Crippen LogP contribution in [0.5, 0.6) is 0 Å². The number of hydrogen-bond acceptors (Lipinski definition) is 1. The summed E-state index contributed by atoms with van der Waals surface area (Å²) in [5, 5.41) is 0. The summed E-state index contributed by atoms with van der Waals surface area (Å²) in [6.45, 7) is 1.89. The van der Waals surface area contributed by atoms with Crippen molar-refractivity contribution < 1.29 is 0 Å². The van der Waals surface area contributed by atoms with Crippen molar-refractivity contribution in [2.75, 3.05) is 0 Å². The standard InChI is InChI=1S/C8H6BrN/c1-3-7-4-5-8(9)10-6(7)2/h1,4-5H,2H3. The summed E-state index contributed by atoms with van der Waals surface area (Å²) in [6, 6.07) is 3.70. The van der Waals surface area contributed by atoms with Gasteiger partial charge in [0, 0.05) is 5.56 Å². The zero-order valence-electron chi connectivity index (χ0n) is 5.56. The van der Waals surface area contributed by atoms with Crippen LogP contribution in [0.15, 0.2) is 16.7 Å². The fourth-order valence-corrected chi connectivity index (χ4v) is 1.08. The Hall–Kier alpha value is -0.810. The van der Waals surface area contributed by atoms with E-state index in [1.54, 1.807) is 0 Å². The fraction of sp³-hybridized carbons (Fsp3) is 0.125. The molecule has 0 saturated carbocycles. The van der Waals surface area contributed by atoms with E-state index in [1.165, 1.54) is 0 Å². The van der Waals surface area contributed by atoms with Crippen LogP contribution in [0.25, 0.3) is 0 Å². The number of aryl methyl sites for hydroxylation is 1. The molecule has 0 spiro atoms. The number of nitrogens with zero attached hydrogens (tertiary/aromatic N) is 1. The van der Waals surface area contributed by atoms with Crippen LogP contribution >= 0.6 is 15.9 Å².